The standard InChI is InChI=1S/C26H45N3O4S/c1-3-5-9-13-24(12-6-4-2)34-19-11-8-7-10-18-27-26(32)29-21-28-25(31)20-33-23-16-14-22(30)15-17-23/h14-17,24,30H,3-13,18-21H2,1-2H3,(H,28,31)(H2,27,29,32). The number of hydrogen-bond acceptors (Lipinski definition) is 5. The summed E-state index contributed by atoms with van der Waals surface area (Å²) in [5.41, 5.74) is 0. The van der Waals surface area contributed by atoms with Crippen molar-refractivity contribution in [2.24, 2.45) is 0 Å². The number of carbonyl (C=O) groups is 2. The molecule has 0 aromatic heterocycles. The zero-order valence-corrected chi connectivity index (χ0v) is 21.9. The van der Waals surface area contributed by atoms with Crippen molar-refractivity contribution in [3.8, 4) is 11.5 Å². The highest BCUT2D eigenvalue weighted by Gasteiger charge is 2.08. The number of benzene rings is 1. The van der Waals surface area contributed by atoms with Gasteiger partial charge in [0.2, 0.25) is 0 Å². The van der Waals surface area contributed by atoms with Crippen LogP contribution in [-0.2, 0) is 4.79 Å². The van der Waals surface area contributed by atoms with Crippen LogP contribution in [0.25, 0.3) is 0 Å². The molecule has 34 heavy (non-hydrogen) atoms. The lowest BCUT2D eigenvalue weighted by Crippen LogP contribution is -2.43. The lowest BCUT2D eigenvalue weighted by atomic mass is 10.1. The Balaban J connectivity index is 1.97. The summed E-state index contributed by atoms with van der Waals surface area (Å²) in [6, 6.07) is 5.83. The van der Waals surface area contributed by atoms with Crippen molar-refractivity contribution in [3.05, 3.63) is 24.3 Å². The quantitative estimate of drug-likeness (QED) is 0.140. The second-order valence-electron chi connectivity index (χ2n) is 8.54. The molecule has 1 aromatic rings. The summed E-state index contributed by atoms with van der Waals surface area (Å²) in [5, 5.41) is 18.0. The minimum Gasteiger partial charge on any atom is -0.508 e. The van der Waals surface area contributed by atoms with Crippen LogP contribution in [0.4, 0.5) is 4.79 Å². The highest BCUT2D eigenvalue weighted by atomic mass is 32.2. The van der Waals surface area contributed by atoms with Crippen LogP contribution in [0.1, 0.15) is 84.5 Å². The van der Waals surface area contributed by atoms with Gasteiger partial charge in [0.05, 0.1) is 6.67 Å². The van der Waals surface area contributed by atoms with E-state index in [2.05, 4.69) is 41.6 Å². The van der Waals surface area contributed by atoms with Crippen LogP contribution in [0.5, 0.6) is 11.5 Å². The fourth-order valence-corrected chi connectivity index (χ4v) is 4.80. The molecule has 1 unspecified atom stereocenters. The highest BCUT2D eigenvalue weighted by molar-refractivity contribution is 7.99. The minimum atomic E-state index is -0.339. The van der Waals surface area contributed by atoms with Gasteiger partial charge in [-0.15, -0.1) is 0 Å². The molecule has 0 aliphatic heterocycles. The molecule has 1 aromatic carbocycles. The van der Waals surface area contributed by atoms with Crippen LogP contribution in [-0.4, -0.2) is 47.9 Å². The van der Waals surface area contributed by atoms with Crippen LogP contribution in [0.15, 0.2) is 24.3 Å². The number of hydrogen-bond donors (Lipinski definition) is 4. The predicted molar refractivity (Wildman–Crippen MR) is 142 cm³/mol. The molecular formula is C26H45N3O4S. The summed E-state index contributed by atoms with van der Waals surface area (Å²) >= 11 is 2.16. The molecule has 0 fully saturated rings. The summed E-state index contributed by atoms with van der Waals surface area (Å²) in [6.45, 7) is 5.05. The van der Waals surface area contributed by atoms with E-state index in [9.17, 15) is 14.7 Å². The van der Waals surface area contributed by atoms with E-state index in [1.165, 1.54) is 75.7 Å². The first-order valence-corrected chi connectivity index (χ1v) is 13.9. The van der Waals surface area contributed by atoms with Crippen LogP contribution < -0.4 is 20.7 Å². The maximum absolute atomic E-state index is 11.8. The van der Waals surface area contributed by atoms with Gasteiger partial charge in [0.25, 0.3) is 5.91 Å². The molecule has 0 saturated carbocycles. The number of phenolic OH excluding ortho intramolecular Hbond substituents is 1. The molecule has 0 aliphatic rings. The third kappa shape index (κ3) is 16.5. The number of thioether (sulfide) groups is 1. The second-order valence-corrected chi connectivity index (χ2v) is 9.95. The van der Waals surface area contributed by atoms with Gasteiger partial charge in [-0.1, -0.05) is 58.8 Å². The maximum Gasteiger partial charge on any atom is 0.316 e. The van der Waals surface area contributed by atoms with Gasteiger partial charge in [-0.25, -0.2) is 4.79 Å². The average Bonchev–Trinajstić information content (AvgIpc) is 2.83. The first kappa shape index (κ1) is 29.9. The van der Waals surface area contributed by atoms with E-state index >= 15 is 0 Å². The smallest absolute Gasteiger partial charge is 0.316 e. The Hall–Kier alpha value is -2.09. The van der Waals surface area contributed by atoms with Gasteiger partial charge in [0.15, 0.2) is 6.61 Å². The van der Waals surface area contributed by atoms with E-state index in [0.29, 0.717) is 12.3 Å². The van der Waals surface area contributed by atoms with Gasteiger partial charge in [0.1, 0.15) is 11.5 Å². The topological polar surface area (TPSA) is 99.7 Å². The van der Waals surface area contributed by atoms with Crippen LogP contribution in [0, 0.1) is 0 Å². The molecule has 7 nitrogen and oxygen atoms in total. The van der Waals surface area contributed by atoms with Crippen molar-refractivity contribution < 1.29 is 19.4 Å². The van der Waals surface area contributed by atoms with Gasteiger partial charge < -0.3 is 25.8 Å². The molecule has 0 bridgehead atoms. The van der Waals surface area contributed by atoms with Crippen LogP contribution in [0.3, 0.4) is 0 Å². The Morgan fingerprint density at radius 2 is 1.59 bits per heavy atom. The SMILES string of the molecule is CCCCCC(CCCC)SCCCCCCNC(=O)NCNC(=O)COc1ccc(O)cc1. The zero-order valence-electron chi connectivity index (χ0n) is 21.1. The molecule has 0 radical (unpaired) electrons. The maximum atomic E-state index is 11.8. The normalized spacial score (nSPS) is 11.6. The molecule has 0 saturated heterocycles. The van der Waals surface area contributed by atoms with Crippen molar-refractivity contribution in [3.63, 3.8) is 0 Å². The Morgan fingerprint density at radius 3 is 2.32 bits per heavy atom. The fraction of sp³-hybridized carbons (Fsp3) is 0.692. The first-order chi connectivity index (χ1) is 16.5. The van der Waals surface area contributed by atoms with E-state index < -0.39 is 0 Å². The number of phenols is 1. The molecular weight excluding hydrogens is 450 g/mol. The lowest BCUT2D eigenvalue weighted by Gasteiger charge is -2.16. The number of aromatic hydroxyl groups is 1. The molecule has 4 N–H and O–H groups in total. The van der Waals surface area contributed by atoms with Gasteiger partial charge in [-0.2, -0.15) is 11.8 Å². The van der Waals surface area contributed by atoms with E-state index in [0.717, 1.165) is 18.1 Å². The molecule has 0 aliphatic carbocycles. The van der Waals surface area contributed by atoms with E-state index in [1.54, 1.807) is 12.1 Å². The summed E-state index contributed by atoms with van der Waals surface area (Å²) in [5.74, 6) is 1.52. The van der Waals surface area contributed by atoms with E-state index in [4.69, 9.17) is 4.74 Å². The van der Waals surface area contributed by atoms with Crippen molar-refractivity contribution >= 4 is 23.7 Å². The Kier molecular flexibility index (Phi) is 17.9. The van der Waals surface area contributed by atoms with E-state index in [1.807, 2.05) is 0 Å². The molecule has 3 amide bonds. The minimum absolute atomic E-state index is 0.0400. The summed E-state index contributed by atoms with van der Waals surface area (Å²) < 4.78 is 5.30. The van der Waals surface area contributed by atoms with Crippen molar-refractivity contribution in [2.45, 2.75) is 89.7 Å². The number of nitrogens with one attached hydrogen (secondary N) is 3. The number of amides is 3. The summed E-state index contributed by atoms with van der Waals surface area (Å²) in [6.07, 6.45) is 13.9. The monoisotopic (exact) mass is 495 g/mol. The lowest BCUT2D eigenvalue weighted by molar-refractivity contribution is -0.123. The van der Waals surface area contributed by atoms with Crippen molar-refractivity contribution in [1.29, 1.82) is 0 Å². The number of ether oxygens (including phenoxy) is 1. The average molecular weight is 496 g/mol. The molecule has 8 heteroatoms. The Labute approximate surface area is 210 Å². The van der Waals surface area contributed by atoms with Crippen LogP contribution in [0.2, 0.25) is 0 Å². The Morgan fingerprint density at radius 1 is 0.882 bits per heavy atom. The second kappa shape index (κ2) is 20.3. The van der Waals surface area contributed by atoms with Gasteiger partial charge in [-0.05, 0) is 55.7 Å². The summed E-state index contributed by atoms with van der Waals surface area (Å²) in [7, 11) is 0. The van der Waals surface area contributed by atoms with Gasteiger partial charge in [-0.3, -0.25) is 4.79 Å². The van der Waals surface area contributed by atoms with Crippen molar-refractivity contribution in [1.82, 2.24) is 16.0 Å². The molecule has 194 valence electrons. The zero-order chi connectivity index (χ0) is 24.9. The third-order valence-corrected chi connectivity index (χ3v) is 6.93. The number of rotatable bonds is 20. The highest BCUT2D eigenvalue weighted by Crippen LogP contribution is 2.24. The van der Waals surface area contributed by atoms with Crippen molar-refractivity contribution in [2.75, 3.05) is 25.6 Å². The first-order valence-electron chi connectivity index (χ1n) is 12.9. The predicted octanol–water partition coefficient (Wildman–Crippen LogP) is 5.58. The molecule has 0 spiro atoms. The summed E-state index contributed by atoms with van der Waals surface area (Å²) in [4.78, 5) is 23.6. The van der Waals surface area contributed by atoms with Crippen LogP contribution >= 0.6 is 11.8 Å². The largest absolute Gasteiger partial charge is 0.508 e. The Bertz CT molecular complexity index is 658. The van der Waals surface area contributed by atoms with Gasteiger partial charge in [0, 0.05) is 11.8 Å². The number of urea groups is 1. The third-order valence-electron chi connectivity index (χ3n) is 5.46. The molecule has 0 heterocycles. The molecule has 1 atom stereocenters. The number of carbonyl (C=O) groups excluding carboxylic acids is 2. The van der Waals surface area contributed by atoms with Gasteiger partial charge >= 0.3 is 6.03 Å². The van der Waals surface area contributed by atoms with E-state index in [-0.39, 0.29) is 31.0 Å². The number of unbranched alkanes of at least 4 members (excludes halogenated alkanes) is 6. The fourth-order valence-electron chi connectivity index (χ4n) is 3.43. The molecule has 1 rings (SSSR count).